The van der Waals surface area contributed by atoms with Crippen LogP contribution < -0.4 is 9.47 Å². The first kappa shape index (κ1) is 37.4. The lowest BCUT2D eigenvalue weighted by molar-refractivity contribution is 0.0967. The zero-order valence-corrected chi connectivity index (χ0v) is 33.2. The Labute approximate surface area is 322 Å². The summed E-state index contributed by atoms with van der Waals surface area (Å²) in [4.78, 5) is 0.618. The fourth-order valence-electron chi connectivity index (χ4n) is 8.14. The second-order valence-corrected chi connectivity index (χ2v) is 18.0. The van der Waals surface area contributed by atoms with E-state index in [0.29, 0.717) is 22.3 Å². The van der Waals surface area contributed by atoms with E-state index in [2.05, 4.69) is 133 Å². The molecule has 2 aliphatic rings. The molecule has 5 aromatic rings. The molecule has 278 valence electrons. The van der Waals surface area contributed by atoms with E-state index in [0.717, 1.165) is 49.0 Å². The van der Waals surface area contributed by atoms with E-state index < -0.39 is 15.3 Å². The Balaban J connectivity index is 1.17. The van der Waals surface area contributed by atoms with E-state index in [1.165, 1.54) is 22.3 Å². The summed E-state index contributed by atoms with van der Waals surface area (Å²) in [7, 11) is -3.63. The van der Waals surface area contributed by atoms with Crippen molar-refractivity contribution in [1.29, 1.82) is 0 Å². The van der Waals surface area contributed by atoms with E-state index in [9.17, 15) is 8.42 Å². The van der Waals surface area contributed by atoms with Gasteiger partial charge in [-0.1, -0.05) is 125 Å². The zero-order valence-electron chi connectivity index (χ0n) is 32.4. The molecule has 0 aliphatic heterocycles. The summed E-state index contributed by atoms with van der Waals surface area (Å²) in [5.41, 5.74) is 6.56. The SMILES string of the molecule is CCCCC(C)(C)Oc1ccc(C2(c3ccc(Oc4ccc(S(=O)(=O)C5=CCC(C(C)(C)CC)C=C5)cc4)cc3)c3ccccc3-c3ccccc32)cc1. The van der Waals surface area contributed by atoms with Crippen molar-refractivity contribution in [3.8, 4) is 28.4 Å². The number of hydrogen-bond donors (Lipinski definition) is 0. The number of hydrogen-bond acceptors (Lipinski definition) is 4. The van der Waals surface area contributed by atoms with Crippen molar-refractivity contribution in [1.82, 2.24) is 0 Å². The maximum Gasteiger partial charge on any atom is 0.206 e. The number of ether oxygens (including phenoxy) is 2. The smallest absolute Gasteiger partial charge is 0.206 e. The van der Waals surface area contributed by atoms with Crippen LogP contribution in [0.1, 0.15) is 95.9 Å². The average molecular weight is 737 g/mol. The summed E-state index contributed by atoms with van der Waals surface area (Å²) >= 11 is 0. The second kappa shape index (κ2) is 14.8. The lowest BCUT2D eigenvalue weighted by Gasteiger charge is -2.34. The minimum Gasteiger partial charge on any atom is -0.488 e. The molecular weight excluding hydrogens is 685 g/mol. The molecule has 0 spiro atoms. The number of benzene rings is 5. The molecule has 0 radical (unpaired) electrons. The largest absolute Gasteiger partial charge is 0.488 e. The third kappa shape index (κ3) is 6.95. The van der Waals surface area contributed by atoms with Crippen molar-refractivity contribution in [2.24, 2.45) is 11.3 Å². The molecule has 2 aliphatic carbocycles. The third-order valence-corrected chi connectivity index (χ3v) is 13.5. The van der Waals surface area contributed by atoms with Gasteiger partial charge in [-0.2, -0.15) is 0 Å². The molecule has 0 N–H and O–H groups in total. The van der Waals surface area contributed by atoms with E-state index in [1.54, 1.807) is 30.3 Å². The second-order valence-electron chi connectivity index (χ2n) is 16.1. The average Bonchev–Trinajstić information content (AvgIpc) is 3.49. The van der Waals surface area contributed by atoms with Gasteiger partial charge in [-0.25, -0.2) is 8.42 Å². The Morgan fingerprint density at radius 1 is 0.685 bits per heavy atom. The van der Waals surface area contributed by atoms with Crippen LogP contribution in [-0.2, 0) is 15.3 Å². The van der Waals surface area contributed by atoms with Crippen LogP contribution in [0.2, 0.25) is 0 Å². The normalized spacial score (nSPS) is 16.3. The predicted molar refractivity (Wildman–Crippen MR) is 221 cm³/mol. The van der Waals surface area contributed by atoms with Gasteiger partial charge >= 0.3 is 0 Å². The summed E-state index contributed by atoms with van der Waals surface area (Å²) in [5, 5.41) is 0. The van der Waals surface area contributed by atoms with Crippen LogP contribution in [0.4, 0.5) is 0 Å². The number of unbranched alkanes of at least 4 members (excludes halogenated alkanes) is 1. The highest BCUT2D eigenvalue weighted by atomic mass is 32.2. The maximum atomic E-state index is 13.5. The van der Waals surface area contributed by atoms with Gasteiger partial charge in [-0.3, -0.25) is 0 Å². The standard InChI is InChI=1S/C49H52O4S/c1-7-9-34-48(5,6)53-40-26-20-37(21-27-40)49(45-16-12-10-14-43(45)44-15-11-13-17-46(44)49)36-18-24-38(25-19-36)52-39-28-32-42(33-29-39)54(50,51)41-30-22-35(23-31-41)47(3,4)8-2/h10-22,24-33,35H,7-9,23,34H2,1-6H3. The monoisotopic (exact) mass is 736 g/mol. The van der Waals surface area contributed by atoms with Crippen molar-refractivity contribution in [2.75, 3.05) is 0 Å². The molecule has 4 nitrogen and oxygen atoms in total. The fourth-order valence-corrected chi connectivity index (χ4v) is 9.48. The minimum atomic E-state index is -3.63. The molecule has 7 rings (SSSR count). The van der Waals surface area contributed by atoms with Gasteiger partial charge in [-0.05, 0) is 132 Å². The van der Waals surface area contributed by atoms with Crippen molar-refractivity contribution in [3.63, 3.8) is 0 Å². The highest BCUT2D eigenvalue weighted by Crippen LogP contribution is 2.56. The predicted octanol–water partition coefficient (Wildman–Crippen LogP) is 12.9. The van der Waals surface area contributed by atoms with E-state index in [4.69, 9.17) is 9.47 Å². The van der Waals surface area contributed by atoms with Crippen molar-refractivity contribution < 1.29 is 17.9 Å². The van der Waals surface area contributed by atoms with E-state index in [-0.39, 0.29) is 15.9 Å². The van der Waals surface area contributed by atoms with E-state index >= 15 is 0 Å². The Morgan fingerprint density at radius 3 is 1.70 bits per heavy atom. The summed E-state index contributed by atoms with van der Waals surface area (Å²) in [6, 6.07) is 41.1. The van der Waals surface area contributed by atoms with Crippen LogP contribution in [0.15, 0.2) is 149 Å². The summed E-state index contributed by atoms with van der Waals surface area (Å²) in [6.07, 6.45) is 10.7. The van der Waals surface area contributed by atoms with Crippen molar-refractivity contribution in [3.05, 3.63) is 167 Å². The number of allylic oxidation sites excluding steroid dienone is 3. The molecule has 5 aromatic carbocycles. The quantitative estimate of drug-likeness (QED) is 0.118. The van der Waals surface area contributed by atoms with Gasteiger partial charge in [0, 0.05) is 0 Å². The van der Waals surface area contributed by atoms with Gasteiger partial charge in [-0.15, -0.1) is 0 Å². The van der Waals surface area contributed by atoms with Gasteiger partial charge in [0.2, 0.25) is 9.84 Å². The molecule has 0 fully saturated rings. The van der Waals surface area contributed by atoms with Crippen LogP contribution in [0.3, 0.4) is 0 Å². The Kier molecular flexibility index (Phi) is 10.2. The highest BCUT2D eigenvalue weighted by Gasteiger charge is 2.46. The molecule has 5 heteroatoms. The van der Waals surface area contributed by atoms with E-state index in [1.807, 2.05) is 18.2 Å². The van der Waals surface area contributed by atoms with Gasteiger partial charge in [0.05, 0.1) is 15.2 Å². The Bertz CT molecular complexity index is 2230. The van der Waals surface area contributed by atoms with Crippen molar-refractivity contribution in [2.45, 2.75) is 89.6 Å². The lowest BCUT2D eigenvalue weighted by atomic mass is 9.68. The molecule has 0 heterocycles. The van der Waals surface area contributed by atoms with Gasteiger partial charge in [0.1, 0.15) is 22.8 Å². The molecule has 1 atom stereocenters. The van der Waals surface area contributed by atoms with Crippen LogP contribution in [0, 0.1) is 11.3 Å². The molecule has 1 unspecified atom stereocenters. The number of fused-ring (bicyclic) bond motifs is 3. The van der Waals surface area contributed by atoms with Crippen LogP contribution in [0.5, 0.6) is 17.2 Å². The molecule has 0 amide bonds. The van der Waals surface area contributed by atoms with Gasteiger partial charge in [0.15, 0.2) is 0 Å². The van der Waals surface area contributed by atoms with Gasteiger partial charge < -0.3 is 9.47 Å². The Morgan fingerprint density at radius 2 is 1.20 bits per heavy atom. The molecule has 54 heavy (non-hydrogen) atoms. The van der Waals surface area contributed by atoms with Crippen molar-refractivity contribution >= 4 is 9.84 Å². The first-order valence-corrected chi connectivity index (χ1v) is 20.9. The molecule has 0 aromatic heterocycles. The summed E-state index contributed by atoms with van der Waals surface area (Å²) in [6.45, 7) is 13.2. The lowest BCUT2D eigenvalue weighted by Crippen LogP contribution is -2.29. The third-order valence-electron chi connectivity index (χ3n) is 11.7. The maximum absolute atomic E-state index is 13.5. The summed E-state index contributed by atoms with van der Waals surface area (Å²) in [5.74, 6) is 2.44. The first-order valence-electron chi connectivity index (χ1n) is 19.4. The van der Waals surface area contributed by atoms with Crippen LogP contribution in [0.25, 0.3) is 11.1 Å². The van der Waals surface area contributed by atoms with Crippen LogP contribution >= 0.6 is 0 Å². The number of rotatable bonds is 13. The minimum absolute atomic E-state index is 0.123. The summed E-state index contributed by atoms with van der Waals surface area (Å²) < 4.78 is 39.8. The topological polar surface area (TPSA) is 52.6 Å². The Hall–Kier alpha value is -4.87. The highest BCUT2D eigenvalue weighted by molar-refractivity contribution is 7.95. The number of sulfone groups is 1. The molecule has 0 bridgehead atoms. The van der Waals surface area contributed by atoms with Gasteiger partial charge in [0.25, 0.3) is 0 Å². The fraction of sp³-hybridized carbons (Fsp3) is 0.306. The molecular formula is C49H52O4S. The zero-order chi connectivity index (χ0) is 38.1. The molecule has 0 saturated carbocycles. The molecule has 0 saturated heterocycles. The van der Waals surface area contributed by atoms with Crippen LogP contribution in [-0.4, -0.2) is 14.0 Å². The first-order chi connectivity index (χ1) is 25.9.